The number of benzene rings is 2. The molecule has 0 unspecified atom stereocenters. The number of nitrogens with one attached hydrogen (secondary N) is 1. The molecule has 34 heavy (non-hydrogen) atoms. The first-order chi connectivity index (χ1) is 16.2. The molecule has 7 nitrogen and oxygen atoms in total. The minimum atomic E-state index is -3.64. The summed E-state index contributed by atoms with van der Waals surface area (Å²) in [5.74, 6) is -0.390. The molecule has 0 aromatic heterocycles. The van der Waals surface area contributed by atoms with Crippen molar-refractivity contribution in [3.63, 3.8) is 0 Å². The van der Waals surface area contributed by atoms with Crippen LogP contribution in [0.15, 0.2) is 42.5 Å². The molecular formula is C24H29Cl2N3O4S. The number of anilines is 2. The molecule has 1 fully saturated rings. The van der Waals surface area contributed by atoms with Crippen molar-refractivity contribution in [3.05, 3.63) is 58.1 Å². The summed E-state index contributed by atoms with van der Waals surface area (Å²) in [6, 6.07) is 11.6. The van der Waals surface area contributed by atoms with Crippen molar-refractivity contribution in [3.8, 4) is 0 Å². The summed E-state index contributed by atoms with van der Waals surface area (Å²) in [6.45, 7) is 1.49. The molecule has 0 saturated carbocycles. The largest absolute Gasteiger partial charge is 0.339 e. The molecular weight excluding hydrogens is 497 g/mol. The zero-order valence-corrected chi connectivity index (χ0v) is 21.4. The molecule has 1 N–H and O–H groups in total. The third kappa shape index (κ3) is 7.10. The predicted octanol–water partition coefficient (Wildman–Crippen LogP) is 5.19. The number of nitrogens with zero attached hydrogens (tertiary/aromatic N) is 2. The predicted molar refractivity (Wildman–Crippen MR) is 137 cm³/mol. The SMILES string of the molecule is CS(=O)(=O)N(CCCC(=O)Nc1ccccc1C(=O)N1CCCCCC1)c1cc(Cl)ccc1Cl. The Morgan fingerprint density at radius 2 is 1.71 bits per heavy atom. The first-order valence-electron chi connectivity index (χ1n) is 11.3. The molecule has 1 aliphatic rings. The van der Waals surface area contributed by atoms with E-state index in [0.29, 0.717) is 29.4 Å². The van der Waals surface area contributed by atoms with Gasteiger partial charge in [-0.2, -0.15) is 0 Å². The fraction of sp³-hybridized carbons (Fsp3) is 0.417. The van der Waals surface area contributed by atoms with Crippen molar-refractivity contribution < 1.29 is 18.0 Å². The average Bonchev–Trinajstić information content (AvgIpc) is 3.07. The van der Waals surface area contributed by atoms with E-state index in [9.17, 15) is 18.0 Å². The van der Waals surface area contributed by atoms with E-state index in [2.05, 4.69) is 5.32 Å². The van der Waals surface area contributed by atoms with Crippen LogP contribution in [0.2, 0.25) is 10.0 Å². The van der Waals surface area contributed by atoms with Gasteiger partial charge in [0.2, 0.25) is 15.9 Å². The Balaban J connectivity index is 1.65. The van der Waals surface area contributed by atoms with E-state index in [-0.39, 0.29) is 41.9 Å². The molecule has 0 bridgehead atoms. The molecule has 3 rings (SSSR count). The molecule has 184 valence electrons. The van der Waals surface area contributed by atoms with Gasteiger partial charge in [0.15, 0.2) is 0 Å². The second-order valence-corrected chi connectivity index (χ2v) is 11.1. The Kier molecular flexibility index (Phi) is 9.22. The number of amides is 2. The summed E-state index contributed by atoms with van der Waals surface area (Å²) >= 11 is 12.2. The normalized spacial score (nSPS) is 14.4. The van der Waals surface area contributed by atoms with Gasteiger partial charge in [-0.05, 0) is 49.6 Å². The maximum atomic E-state index is 13.1. The second-order valence-electron chi connectivity index (χ2n) is 8.33. The monoisotopic (exact) mass is 525 g/mol. The van der Waals surface area contributed by atoms with Gasteiger partial charge in [-0.3, -0.25) is 13.9 Å². The molecule has 1 saturated heterocycles. The lowest BCUT2D eigenvalue weighted by molar-refractivity contribution is -0.116. The number of carbonyl (C=O) groups excluding carboxylic acids is 2. The van der Waals surface area contributed by atoms with E-state index < -0.39 is 10.0 Å². The Morgan fingerprint density at radius 3 is 2.38 bits per heavy atom. The van der Waals surface area contributed by atoms with Crippen molar-refractivity contribution >= 4 is 56.4 Å². The molecule has 0 atom stereocenters. The first-order valence-corrected chi connectivity index (χ1v) is 13.9. The van der Waals surface area contributed by atoms with E-state index in [1.807, 2.05) is 4.90 Å². The highest BCUT2D eigenvalue weighted by Gasteiger charge is 2.22. The molecule has 2 aromatic carbocycles. The molecule has 2 amide bonds. The number of hydrogen-bond donors (Lipinski definition) is 1. The number of sulfonamides is 1. The van der Waals surface area contributed by atoms with Gasteiger partial charge in [0.1, 0.15) is 0 Å². The van der Waals surface area contributed by atoms with Gasteiger partial charge < -0.3 is 10.2 Å². The summed E-state index contributed by atoms with van der Waals surface area (Å²) in [6.07, 6.45) is 5.59. The Bertz CT molecular complexity index is 1130. The smallest absolute Gasteiger partial charge is 0.255 e. The summed E-state index contributed by atoms with van der Waals surface area (Å²) in [7, 11) is -3.64. The van der Waals surface area contributed by atoms with Crippen LogP contribution in [-0.4, -0.2) is 51.0 Å². The fourth-order valence-corrected chi connectivity index (χ4v) is 5.37. The number of carbonyl (C=O) groups is 2. The number of likely N-dealkylation sites (tertiary alicyclic amines) is 1. The number of halogens is 2. The topological polar surface area (TPSA) is 86.8 Å². The number of hydrogen-bond acceptors (Lipinski definition) is 4. The summed E-state index contributed by atoms with van der Waals surface area (Å²) in [5, 5.41) is 3.43. The number of para-hydroxylation sites is 1. The minimum absolute atomic E-state index is 0.0562. The van der Waals surface area contributed by atoms with Gasteiger partial charge in [0.05, 0.1) is 28.2 Å². The lowest BCUT2D eigenvalue weighted by Crippen LogP contribution is -2.33. The Hall–Kier alpha value is -2.29. The van der Waals surface area contributed by atoms with E-state index >= 15 is 0 Å². The molecule has 0 radical (unpaired) electrons. The van der Waals surface area contributed by atoms with Crippen LogP contribution >= 0.6 is 23.2 Å². The van der Waals surface area contributed by atoms with Crippen LogP contribution in [0.25, 0.3) is 0 Å². The summed E-state index contributed by atoms with van der Waals surface area (Å²) in [5.41, 5.74) is 1.19. The Morgan fingerprint density at radius 1 is 1.03 bits per heavy atom. The molecule has 0 aliphatic carbocycles. The lowest BCUT2D eigenvalue weighted by atomic mass is 10.1. The van der Waals surface area contributed by atoms with Gasteiger partial charge in [0.25, 0.3) is 5.91 Å². The van der Waals surface area contributed by atoms with Crippen molar-refractivity contribution in [1.82, 2.24) is 4.90 Å². The van der Waals surface area contributed by atoms with Gasteiger partial charge in [-0.15, -0.1) is 0 Å². The quantitative estimate of drug-likeness (QED) is 0.513. The van der Waals surface area contributed by atoms with E-state index in [4.69, 9.17) is 23.2 Å². The van der Waals surface area contributed by atoms with Crippen LogP contribution in [0.1, 0.15) is 48.9 Å². The molecule has 0 spiro atoms. The van der Waals surface area contributed by atoms with Crippen molar-refractivity contribution in [1.29, 1.82) is 0 Å². The van der Waals surface area contributed by atoms with Gasteiger partial charge in [-0.25, -0.2) is 8.42 Å². The minimum Gasteiger partial charge on any atom is -0.339 e. The van der Waals surface area contributed by atoms with Gasteiger partial charge in [0, 0.05) is 31.1 Å². The highest BCUT2D eigenvalue weighted by molar-refractivity contribution is 7.92. The maximum absolute atomic E-state index is 13.1. The van der Waals surface area contributed by atoms with Crippen LogP contribution in [0.3, 0.4) is 0 Å². The average molecular weight is 526 g/mol. The van der Waals surface area contributed by atoms with E-state index in [0.717, 1.165) is 36.2 Å². The third-order valence-corrected chi connectivity index (χ3v) is 7.40. The van der Waals surface area contributed by atoms with Crippen LogP contribution in [0.5, 0.6) is 0 Å². The van der Waals surface area contributed by atoms with Crippen LogP contribution in [0, 0.1) is 0 Å². The van der Waals surface area contributed by atoms with Crippen LogP contribution in [0.4, 0.5) is 11.4 Å². The number of rotatable bonds is 8. The maximum Gasteiger partial charge on any atom is 0.255 e. The molecule has 1 aliphatic heterocycles. The third-order valence-electron chi connectivity index (χ3n) is 5.67. The first kappa shape index (κ1) is 26.3. The van der Waals surface area contributed by atoms with Crippen LogP contribution in [-0.2, 0) is 14.8 Å². The van der Waals surface area contributed by atoms with Crippen molar-refractivity contribution in [2.45, 2.75) is 38.5 Å². The molecule has 1 heterocycles. The van der Waals surface area contributed by atoms with Crippen molar-refractivity contribution in [2.75, 3.05) is 35.5 Å². The highest BCUT2D eigenvalue weighted by Crippen LogP contribution is 2.31. The van der Waals surface area contributed by atoms with Crippen LogP contribution < -0.4 is 9.62 Å². The lowest BCUT2D eigenvalue weighted by Gasteiger charge is -2.24. The standard InChI is InChI=1S/C24H29Cl2N3O4S/c1-34(32,33)29(22-17-18(25)12-13-20(22)26)16-8-11-23(30)27-21-10-5-4-9-19(21)24(31)28-14-6-2-3-7-15-28/h4-5,9-10,12-13,17H,2-3,6-8,11,14-16H2,1H3,(H,27,30). The summed E-state index contributed by atoms with van der Waals surface area (Å²) < 4.78 is 25.8. The van der Waals surface area contributed by atoms with Crippen molar-refractivity contribution in [2.24, 2.45) is 0 Å². The Labute approximate surface area is 211 Å². The zero-order chi connectivity index (χ0) is 24.7. The fourth-order valence-electron chi connectivity index (χ4n) is 3.96. The van der Waals surface area contributed by atoms with E-state index in [1.165, 1.54) is 12.1 Å². The molecule has 10 heteroatoms. The van der Waals surface area contributed by atoms with E-state index in [1.54, 1.807) is 30.3 Å². The second kappa shape index (κ2) is 11.9. The summed E-state index contributed by atoms with van der Waals surface area (Å²) in [4.78, 5) is 27.6. The molecule has 2 aromatic rings. The zero-order valence-electron chi connectivity index (χ0n) is 19.1. The van der Waals surface area contributed by atoms with Gasteiger partial charge in [-0.1, -0.05) is 48.2 Å². The highest BCUT2D eigenvalue weighted by atomic mass is 35.5. The van der Waals surface area contributed by atoms with Gasteiger partial charge >= 0.3 is 0 Å².